The molecule has 1 fully saturated rings. The summed E-state index contributed by atoms with van der Waals surface area (Å²) in [6.07, 6.45) is 6.47. The van der Waals surface area contributed by atoms with E-state index in [1.807, 2.05) is 0 Å². The van der Waals surface area contributed by atoms with Gasteiger partial charge in [-0.3, -0.25) is 0 Å². The van der Waals surface area contributed by atoms with Gasteiger partial charge in [0.05, 0.1) is 6.61 Å². The quantitative estimate of drug-likeness (QED) is 0.840. The molecule has 1 aromatic rings. The minimum absolute atomic E-state index is 0.116. The van der Waals surface area contributed by atoms with Crippen molar-refractivity contribution in [1.29, 1.82) is 0 Å². The van der Waals surface area contributed by atoms with E-state index in [2.05, 4.69) is 20.9 Å². The smallest absolute Gasteiger partial charge is 0.250 e. The topological polar surface area (TPSA) is 22.1 Å². The van der Waals surface area contributed by atoms with Crippen molar-refractivity contribution in [3.05, 3.63) is 22.6 Å². The van der Waals surface area contributed by atoms with E-state index in [0.29, 0.717) is 17.0 Å². The number of aromatic nitrogens is 1. The van der Waals surface area contributed by atoms with Gasteiger partial charge in [0.1, 0.15) is 0 Å². The van der Waals surface area contributed by atoms with Crippen LogP contribution in [0.15, 0.2) is 16.7 Å². The van der Waals surface area contributed by atoms with Crippen LogP contribution >= 0.6 is 15.9 Å². The molecule has 82 valence electrons. The summed E-state index contributed by atoms with van der Waals surface area (Å²) in [6, 6.07) is 1.37. The first-order chi connectivity index (χ1) is 7.25. The van der Waals surface area contributed by atoms with Crippen LogP contribution in [0.1, 0.15) is 25.7 Å². The monoisotopic (exact) mass is 273 g/mol. The Hall–Kier alpha value is -0.640. The number of nitrogens with zero attached hydrogens (tertiary/aromatic N) is 1. The lowest BCUT2D eigenvalue weighted by atomic mass is 10.1. The van der Waals surface area contributed by atoms with E-state index in [4.69, 9.17) is 4.74 Å². The van der Waals surface area contributed by atoms with Gasteiger partial charge in [-0.05, 0) is 40.8 Å². The van der Waals surface area contributed by atoms with E-state index < -0.39 is 5.82 Å². The van der Waals surface area contributed by atoms with Gasteiger partial charge in [-0.2, -0.15) is 0 Å². The minimum Gasteiger partial charge on any atom is -0.475 e. The molecule has 0 bridgehead atoms. The zero-order valence-electron chi connectivity index (χ0n) is 8.38. The summed E-state index contributed by atoms with van der Waals surface area (Å²) >= 11 is 3.16. The molecule has 0 amide bonds. The summed E-state index contributed by atoms with van der Waals surface area (Å²) in [5.74, 6) is 0.294. The van der Waals surface area contributed by atoms with Crippen molar-refractivity contribution in [2.45, 2.75) is 25.7 Å². The molecule has 1 heterocycles. The van der Waals surface area contributed by atoms with Crippen LogP contribution in [-0.2, 0) is 0 Å². The van der Waals surface area contributed by atoms with Crippen molar-refractivity contribution in [1.82, 2.24) is 4.98 Å². The fraction of sp³-hybridized carbons (Fsp3) is 0.545. The maximum Gasteiger partial charge on any atom is 0.250 e. The molecule has 2 rings (SSSR count). The lowest BCUT2D eigenvalue weighted by Crippen LogP contribution is -2.09. The average Bonchev–Trinajstić information content (AvgIpc) is 2.69. The number of halogens is 2. The van der Waals surface area contributed by atoms with E-state index in [9.17, 15) is 4.39 Å². The van der Waals surface area contributed by atoms with E-state index in [-0.39, 0.29) is 5.88 Å². The highest BCUT2D eigenvalue weighted by atomic mass is 79.9. The highest BCUT2D eigenvalue weighted by Crippen LogP contribution is 2.26. The van der Waals surface area contributed by atoms with E-state index in [1.54, 1.807) is 6.20 Å². The van der Waals surface area contributed by atoms with Crippen LogP contribution in [0.4, 0.5) is 4.39 Å². The number of pyridine rings is 1. The lowest BCUT2D eigenvalue weighted by Gasteiger charge is -2.10. The molecule has 0 atom stereocenters. The summed E-state index contributed by atoms with van der Waals surface area (Å²) in [5, 5.41) is 0. The summed E-state index contributed by atoms with van der Waals surface area (Å²) in [7, 11) is 0. The van der Waals surface area contributed by atoms with Gasteiger partial charge in [0.25, 0.3) is 0 Å². The molecule has 0 spiro atoms. The van der Waals surface area contributed by atoms with Gasteiger partial charge < -0.3 is 4.74 Å². The van der Waals surface area contributed by atoms with Crippen LogP contribution in [0.2, 0.25) is 0 Å². The Balaban J connectivity index is 1.92. The van der Waals surface area contributed by atoms with E-state index >= 15 is 0 Å². The van der Waals surface area contributed by atoms with Gasteiger partial charge in [0.2, 0.25) is 5.88 Å². The predicted molar refractivity (Wildman–Crippen MR) is 59.3 cm³/mol. The van der Waals surface area contributed by atoms with Crippen molar-refractivity contribution in [2.75, 3.05) is 6.61 Å². The lowest BCUT2D eigenvalue weighted by molar-refractivity contribution is 0.232. The molecule has 1 saturated carbocycles. The van der Waals surface area contributed by atoms with Crippen LogP contribution in [-0.4, -0.2) is 11.6 Å². The zero-order chi connectivity index (χ0) is 10.7. The third-order valence-corrected chi connectivity index (χ3v) is 3.14. The summed E-state index contributed by atoms with van der Waals surface area (Å²) in [4.78, 5) is 3.89. The minimum atomic E-state index is -0.401. The molecule has 0 unspecified atom stereocenters. The average molecular weight is 274 g/mol. The van der Waals surface area contributed by atoms with E-state index in [1.165, 1.54) is 31.7 Å². The summed E-state index contributed by atoms with van der Waals surface area (Å²) in [5.41, 5.74) is 0. The summed E-state index contributed by atoms with van der Waals surface area (Å²) < 4.78 is 19.3. The summed E-state index contributed by atoms with van der Waals surface area (Å²) in [6.45, 7) is 0.589. The molecule has 15 heavy (non-hydrogen) atoms. The first-order valence-electron chi connectivity index (χ1n) is 5.19. The highest BCUT2D eigenvalue weighted by Gasteiger charge is 2.16. The first-order valence-corrected chi connectivity index (χ1v) is 5.99. The Bertz CT molecular complexity index is 339. The van der Waals surface area contributed by atoms with Gasteiger partial charge >= 0.3 is 0 Å². The molecule has 0 aliphatic heterocycles. The second-order valence-corrected chi connectivity index (χ2v) is 4.82. The standard InChI is InChI=1S/C11H13BrFNO/c12-9-5-10(13)11(14-6-9)15-7-8-3-1-2-4-8/h5-6,8H,1-4,7H2. The van der Waals surface area contributed by atoms with Crippen LogP contribution in [0.3, 0.4) is 0 Å². The number of rotatable bonds is 3. The van der Waals surface area contributed by atoms with Gasteiger partial charge in [-0.25, -0.2) is 9.37 Å². The van der Waals surface area contributed by atoms with Gasteiger partial charge in [-0.15, -0.1) is 0 Å². The Labute approximate surface area is 97.0 Å². The third kappa shape index (κ3) is 2.91. The molecule has 4 heteroatoms. The van der Waals surface area contributed by atoms with Crippen molar-refractivity contribution in [3.63, 3.8) is 0 Å². The normalized spacial score (nSPS) is 16.9. The molecule has 0 saturated heterocycles. The molecule has 1 aromatic heterocycles. The fourth-order valence-electron chi connectivity index (χ4n) is 1.88. The molecule has 1 aliphatic carbocycles. The fourth-order valence-corrected chi connectivity index (χ4v) is 2.19. The Morgan fingerprint density at radius 3 is 2.87 bits per heavy atom. The molecule has 0 radical (unpaired) electrons. The van der Waals surface area contributed by atoms with Gasteiger partial charge in [0, 0.05) is 10.7 Å². The van der Waals surface area contributed by atoms with Crippen molar-refractivity contribution in [3.8, 4) is 5.88 Å². The first kappa shape index (κ1) is 10.9. The highest BCUT2D eigenvalue weighted by molar-refractivity contribution is 9.10. The molecule has 2 nitrogen and oxygen atoms in total. The zero-order valence-corrected chi connectivity index (χ0v) is 9.96. The van der Waals surface area contributed by atoms with Crippen LogP contribution in [0, 0.1) is 11.7 Å². The molecular formula is C11H13BrFNO. The maximum atomic E-state index is 13.3. The Morgan fingerprint density at radius 2 is 2.20 bits per heavy atom. The van der Waals surface area contributed by atoms with Crippen molar-refractivity contribution < 1.29 is 9.13 Å². The van der Waals surface area contributed by atoms with Crippen LogP contribution in [0.25, 0.3) is 0 Å². The van der Waals surface area contributed by atoms with Crippen molar-refractivity contribution in [2.24, 2.45) is 5.92 Å². The van der Waals surface area contributed by atoms with Gasteiger partial charge in [0.15, 0.2) is 5.82 Å². The van der Waals surface area contributed by atoms with Gasteiger partial charge in [-0.1, -0.05) is 12.8 Å². The van der Waals surface area contributed by atoms with Crippen molar-refractivity contribution >= 4 is 15.9 Å². The van der Waals surface area contributed by atoms with Crippen LogP contribution in [0.5, 0.6) is 5.88 Å². The third-order valence-electron chi connectivity index (χ3n) is 2.70. The maximum absolute atomic E-state index is 13.3. The molecule has 0 aromatic carbocycles. The second kappa shape index (κ2) is 4.92. The molecular weight excluding hydrogens is 261 g/mol. The second-order valence-electron chi connectivity index (χ2n) is 3.90. The number of hydrogen-bond acceptors (Lipinski definition) is 2. The Kier molecular flexibility index (Phi) is 3.57. The molecule has 0 N–H and O–H groups in total. The number of hydrogen-bond donors (Lipinski definition) is 0. The predicted octanol–water partition coefficient (Wildman–Crippen LogP) is 3.55. The SMILES string of the molecule is Fc1cc(Br)cnc1OCC1CCCC1. The molecule has 1 aliphatic rings. The van der Waals surface area contributed by atoms with E-state index in [0.717, 1.165) is 0 Å². The number of ether oxygens (including phenoxy) is 1. The Morgan fingerprint density at radius 1 is 1.47 bits per heavy atom. The largest absolute Gasteiger partial charge is 0.475 e. The van der Waals surface area contributed by atoms with Crippen LogP contribution < -0.4 is 4.74 Å².